The normalized spacial score (nSPS) is 12.1. The van der Waals surface area contributed by atoms with Crippen LogP contribution in [0.4, 0.5) is 32.0 Å². The molecule has 0 fully saturated rings. The molecule has 3 aromatic rings. The van der Waals surface area contributed by atoms with E-state index in [1.54, 1.807) is 0 Å². The maximum atomic E-state index is 13.3. The van der Waals surface area contributed by atoms with Crippen molar-refractivity contribution in [2.75, 3.05) is 5.32 Å². The molecule has 0 unspecified atom stereocenters. The van der Waals surface area contributed by atoms with Crippen LogP contribution in [0.15, 0.2) is 53.5 Å². The number of pyridine rings is 1. The lowest BCUT2D eigenvalue weighted by atomic mass is 10.0. The van der Waals surface area contributed by atoms with E-state index in [0.717, 1.165) is 10.7 Å². The maximum absolute atomic E-state index is 13.3. The van der Waals surface area contributed by atoms with Gasteiger partial charge in [0.2, 0.25) is 0 Å². The Morgan fingerprint density at radius 3 is 2.40 bits per heavy atom. The molecule has 1 amide bonds. The van der Waals surface area contributed by atoms with Gasteiger partial charge in [-0.2, -0.15) is 31.4 Å². The number of nitrogens with one attached hydrogen (secondary N) is 1. The lowest BCUT2D eigenvalue weighted by Crippen LogP contribution is -2.15. The second-order valence-electron chi connectivity index (χ2n) is 6.14. The number of hydrogen-bond donors (Lipinski definition) is 1. The molecule has 0 aliphatic rings. The van der Waals surface area contributed by atoms with E-state index < -0.39 is 41.5 Å². The Morgan fingerprint density at radius 1 is 1.03 bits per heavy atom. The Bertz CT molecular complexity index is 1080. The standard InChI is InChI=1S/C18H11BrF6N4O/c19-13-3-11(5-26-6-13)16(30)28-14-7-27-29(9-14)8-10-1-2-12(17(20,21)22)4-15(10)18(23,24)25/h1-7,9H,8H2,(H,28,30). The molecule has 0 bridgehead atoms. The van der Waals surface area contributed by atoms with Gasteiger partial charge in [0, 0.05) is 23.1 Å². The molecule has 0 saturated carbocycles. The highest BCUT2D eigenvalue weighted by Crippen LogP contribution is 2.37. The van der Waals surface area contributed by atoms with Crippen molar-refractivity contribution in [2.45, 2.75) is 18.9 Å². The van der Waals surface area contributed by atoms with Gasteiger partial charge in [-0.1, -0.05) is 6.07 Å². The van der Waals surface area contributed by atoms with Crippen LogP contribution < -0.4 is 5.32 Å². The molecule has 30 heavy (non-hydrogen) atoms. The van der Waals surface area contributed by atoms with Gasteiger partial charge in [0.25, 0.3) is 5.91 Å². The second-order valence-corrected chi connectivity index (χ2v) is 7.06. The van der Waals surface area contributed by atoms with Crippen LogP contribution in [0.1, 0.15) is 27.0 Å². The number of benzene rings is 1. The van der Waals surface area contributed by atoms with Gasteiger partial charge in [-0.3, -0.25) is 14.5 Å². The minimum Gasteiger partial charge on any atom is -0.319 e. The molecule has 2 heterocycles. The van der Waals surface area contributed by atoms with Crippen molar-refractivity contribution in [1.82, 2.24) is 14.8 Å². The topological polar surface area (TPSA) is 59.8 Å². The quantitative estimate of drug-likeness (QED) is 0.497. The molecule has 0 atom stereocenters. The zero-order chi connectivity index (χ0) is 22.1. The van der Waals surface area contributed by atoms with E-state index in [1.807, 2.05) is 0 Å². The number of alkyl halides is 6. The molecular formula is C18H11BrF6N4O. The average Bonchev–Trinajstić information content (AvgIpc) is 3.07. The van der Waals surface area contributed by atoms with Crippen molar-refractivity contribution in [3.05, 3.63) is 75.8 Å². The van der Waals surface area contributed by atoms with Crippen molar-refractivity contribution in [2.24, 2.45) is 0 Å². The lowest BCUT2D eigenvalue weighted by Gasteiger charge is -2.16. The first-order valence-electron chi connectivity index (χ1n) is 8.15. The molecule has 5 nitrogen and oxygen atoms in total. The fourth-order valence-corrected chi connectivity index (χ4v) is 2.95. The van der Waals surface area contributed by atoms with E-state index in [2.05, 4.69) is 31.3 Å². The SMILES string of the molecule is O=C(Nc1cnn(Cc2ccc(C(F)(F)F)cc2C(F)(F)F)c1)c1cncc(Br)c1. The molecule has 1 N–H and O–H groups in total. The number of amides is 1. The third-order valence-corrected chi connectivity index (χ3v) is 4.37. The van der Waals surface area contributed by atoms with Crippen LogP contribution in [-0.4, -0.2) is 20.7 Å². The van der Waals surface area contributed by atoms with E-state index in [-0.39, 0.29) is 17.3 Å². The minimum atomic E-state index is -4.98. The Labute approximate surface area is 173 Å². The van der Waals surface area contributed by atoms with E-state index in [1.165, 1.54) is 30.9 Å². The predicted molar refractivity (Wildman–Crippen MR) is 97.7 cm³/mol. The number of anilines is 1. The summed E-state index contributed by atoms with van der Waals surface area (Å²) in [6.45, 7) is -0.443. The molecule has 3 rings (SSSR count). The first-order chi connectivity index (χ1) is 13.9. The summed E-state index contributed by atoms with van der Waals surface area (Å²) >= 11 is 3.18. The third-order valence-electron chi connectivity index (χ3n) is 3.93. The molecule has 12 heteroatoms. The molecule has 0 saturated heterocycles. The number of carbonyl (C=O) groups is 1. The van der Waals surface area contributed by atoms with Gasteiger partial charge in [0.05, 0.1) is 35.1 Å². The van der Waals surface area contributed by atoms with Gasteiger partial charge in [-0.15, -0.1) is 0 Å². The van der Waals surface area contributed by atoms with Crippen molar-refractivity contribution in [1.29, 1.82) is 0 Å². The molecule has 0 spiro atoms. The van der Waals surface area contributed by atoms with Crippen LogP contribution in [0.5, 0.6) is 0 Å². The smallest absolute Gasteiger partial charge is 0.319 e. The Balaban J connectivity index is 1.81. The zero-order valence-electron chi connectivity index (χ0n) is 14.7. The fraction of sp³-hybridized carbons (Fsp3) is 0.167. The van der Waals surface area contributed by atoms with Crippen LogP contribution in [-0.2, 0) is 18.9 Å². The summed E-state index contributed by atoms with van der Waals surface area (Å²) in [6.07, 6.45) is -4.60. The van der Waals surface area contributed by atoms with Gasteiger partial charge >= 0.3 is 12.4 Å². The Hall–Kier alpha value is -2.89. The highest BCUT2D eigenvalue weighted by molar-refractivity contribution is 9.10. The zero-order valence-corrected chi connectivity index (χ0v) is 16.3. The van der Waals surface area contributed by atoms with Crippen LogP contribution in [0.3, 0.4) is 0 Å². The summed E-state index contributed by atoms with van der Waals surface area (Å²) < 4.78 is 79.7. The number of aromatic nitrogens is 3. The molecule has 0 radical (unpaired) electrons. The largest absolute Gasteiger partial charge is 0.416 e. The van der Waals surface area contributed by atoms with E-state index in [4.69, 9.17) is 0 Å². The van der Waals surface area contributed by atoms with Crippen molar-refractivity contribution in [3.8, 4) is 0 Å². The van der Waals surface area contributed by atoms with Gasteiger partial charge in [0.15, 0.2) is 0 Å². The molecular weight excluding hydrogens is 482 g/mol. The first kappa shape index (κ1) is 21.8. The van der Waals surface area contributed by atoms with Gasteiger partial charge in [0.1, 0.15) is 0 Å². The molecule has 0 aliphatic heterocycles. The molecule has 0 aliphatic carbocycles. The summed E-state index contributed by atoms with van der Waals surface area (Å²) in [5, 5.41) is 6.37. The van der Waals surface area contributed by atoms with Gasteiger partial charge in [-0.25, -0.2) is 0 Å². The number of carbonyl (C=O) groups excluding carboxylic acids is 1. The molecule has 2 aromatic heterocycles. The molecule has 1 aromatic carbocycles. The van der Waals surface area contributed by atoms with Crippen LogP contribution in [0.2, 0.25) is 0 Å². The van der Waals surface area contributed by atoms with Crippen LogP contribution in [0.25, 0.3) is 0 Å². The number of hydrogen-bond acceptors (Lipinski definition) is 3. The fourth-order valence-electron chi connectivity index (χ4n) is 2.58. The van der Waals surface area contributed by atoms with E-state index >= 15 is 0 Å². The van der Waals surface area contributed by atoms with Crippen molar-refractivity contribution in [3.63, 3.8) is 0 Å². The summed E-state index contributed by atoms with van der Waals surface area (Å²) in [4.78, 5) is 16.0. The van der Waals surface area contributed by atoms with Crippen LogP contribution >= 0.6 is 15.9 Å². The highest BCUT2D eigenvalue weighted by Gasteiger charge is 2.38. The summed E-state index contributed by atoms with van der Waals surface area (Å²) in [7, 11) is 0. The molecule has 158 valence electrons. The summed E-state index contributed by atoms with van der Waals surface area (Å²) in [6, 6.07) is 2.93. The van der Waals surface area contributed by atoms with E-state index in [0.29, 0.717) is 10.5 Å². The van der Waals surface area contributed by atoms with Crippen molar-refractivity contribution < 1.29 is 31.1 Å². The van der Waals surface area contributed by atoms with E-state index in [9.17, 15) is 31.1 Å². The lowest BCUT2D eigenvalue weighted by molar-refractivity contribution is -0.143. The predicted octanol–water partition coefficient (Wildman–Crippen LogP) is 5.38. The van der Waals surface area contributed by atoms with Gasteiger partial charge < -0.3 is 5.32 Å². The van der Waals surface area contributed by atoms with Crippen LogP contribution in [0, 0.1) is 0 Å². The van der Waals surface area contributed by atoms with Crippen molar-refractivity contribution >= 4 is 27.5 Å². The minimum absolute atomic E-state index is 0.0712. The Kier molecular flexibility index (Phi) is 5.88. The monoisotopic (exact) mass is 492 g/mol. The summed E-state index contributed by atoms with van der Waals surface area (Å²) in [5.41, 5.74) is -2.76. The highest BCUT2D eigenvalue weighted by atomic mass is 79.9. The van der Waals surface area contributed by atoms with Gasteiger partial charge in [-0.05, 0) is 39.7 Å². The maximum Gasteiger partial charge on any atom is 0.416 e. The number of halogens is 7. The summed E-state index contributed by atoms with van der Waals surface area (Å²) in [5.74, 6) is -0.520. The number of nitrogens with zero attached hydrogens (tertiary/aromatic N) is 3. The third kappa shape index (κ3) is 5.17. The Morgan fingerprint density at radius 2 is 1.77 bits per heavy atom. The second kappa shape index (κ2) is 8.09. The number of rotatable bonds is 4. The first-order valence-corrected chi connectivity index (χ1v) is 8.94. The average molecular weight is 493 g/mol.